The maximum Gasteiger partial charge on any atom is 0.327 e. The van der Waals surface area contributed by atoms with Crippen LogP contribution in [0.1, 0.15) is 0 Å². The van der Waals surface area contributed by atoms with Crippen LogP contribution in [0.5, 0.6) is 0 Å². The third-order valence-corrected chi connectivity index (χ3v) is 2.90. The van der Waals surface area contributed by atoms with E-state index in [1.807, 2.05) is 0 Å². The Hall–Kier alpha value is -0.910. The Balaban J connectivity index is 3.03. The second-order valence-corrected chi connectivity index (χ2v) is 4.24. The van der Waals surface area contributed by atoms with Gasteiger partial charge in [-0.15, -0.1) is 0 Å². The average molecular weight is 276 g/mol. The van der Waals surface area contributed by atoms with Crippen LogP contribution in [0.3, 0.4) is 0 Å². The Labute approximate surface area is 110 Å². The molecule has 0 aromatic heterocycles. The summed E-state index contributed by atoms with van der Waals surface area (Å²) in [7, 11) is 0. The number of carboxylic acids is 1. The van der Waals surface area contributed by atoms with Crippen molar-refractivity contribution in [1.82, 2.24) is 0 Å². The molecule has 0 fully saturated rings. The van der Waals surface area contributed by atoms with E-state index in [0.717, 1.165) is 0 Å². The molecule has 0 spiro atoms. The second-order valence-electron chi connectivity index (χ2n) is 3.43. The van der Waals surface area contributed by atoms with Crippen LogP contribution in [0, 0.1) is 0 Å². The zero-order valence-corrected chi connectivity index (χ0v) is 10.7. The predicted octanol–water partition coefficient (Wildman–Crippen LogP) is 1.52. The molecule has 4 nitrogen and oxygen atoms in total. The topological polar surface area (TPSA) is 60.8 Å². The Kier molecular flexibility index (Phi) is 5.61. The molecule has 1 aromatic carbocycles. The Morgan fingerprint density at radius 3 is 2.71 bits per heavy atom. The first-order valence-corrected chi connectivity index (χ1v) is 6.08. The van der Waals surface area contributed by atoms with Crippen molar-refractivity contribution < 1.29 is 15.0 Å². The van der Waals surface area contributed by atoms with Gasteiger partial charge in [-0.3, -0.25) is 0 Å². The first-order chi connectivity index (χ1) is 8.10. The Morgan fingerprint density at radius 2 is 2.24 bits per heavy atom. The average Bonchev–Trinajstić information content (AvgIpc) is 2.28. The maximum absolute atomic E-state index is 11.1. The Bertz CT molecular complexity index is 389. The summed E-state index contributed by atoms with van der Waals surface area (Å²) in [6.45, 7) is 0.0853. The standard InChI is InChI=1S/C11H14ClNO3S/c12-8-2-1-3-9(6-8)13(4-5-14)10(7-17)11(15)16/h1-3,6,10,14,17H,4-5,7H2,(H,15,16). The molecule has 6 heteroatoms. The van der Waals surface area contributed by atoms with Crippen molar-refractivity contribution in [3.8, 4) is 0 Å². The van der Waals surface area contributed by atoms with Gasteiger partial charge in [0.2, 0.25) is 0 Å². The molecule has 0 amide bonds. The van der Waals surface area contributed by atoms with Crippen molar-refractivity contribution >= 4 is 35.9 Å². The summed E-state index contributed by atoms with van der Waals surface area (Å²) in [6, 6.07) is 6.07. The number of aliphatic carboxylic acids is 1. The van der Waals surface area contributed by atoms with Gasteiger partial charge < -0.3 is 15.1 Å². The van der Waals surface area contributed by atoms with Crippen LogP contribution < -0.4 is 4.90 Å². The van der Waals surface area contributed by atoms with Gasteiger partial charge in [-0.25, -0.2) is 4.79 Å². The van der Waals surface area contributed by atoms with Crippen LogP contribution in [-0.4, -0.2) is 41.1 Å². The number of benzene rings is 1. The summed E-state index contributed by atoms with van der Waals surface area (Å²) in [5.41, 5.74) is 0.660. The summed E-state index contributed by atoms with van der Waals surface area (Å²) in [6.07, 6.45) is 0. The second kappa shape index (κ2) is 6.74. The lowest BCUT2D eigenvalue weighted by Crippen LogP contribution is -2.44. The third kappa shape index (κ3) is 3.80. The predicted molar refractivity (Wildman–Crippen MR) is 71.2 cm³/mol. The van der Waals surface area contributed by atoms with E-state index in [1.54, 1.807) is 29.2 Å². The van der Waals surface area contributed by atoms with E-state index in [-0.39, 0.29) is 18.9 Å². The number of carboxylic acid groups (broad SMARTS) is 1. The van der Waals surface area contributed by atoms with Gasteiger partial charge in [0, 0.05) is 23.0 Å². The largest absolute Gasteiger partial charge is 0.480 e. The highest BCUT2D eigenvalue weighted by Gasteiger charge is 2.24. The molecule has 1 atom stereocenters. The van der Waals surface area contributed by atoms with Crippen LogP contribution in [0.25, 0.3) is 0 Å². The van der Waals surface area contributed by atoms with Gasteiger partial charge >= 0.3 is 5.97 Å². The molecule has 0 aliphatic heterocycles. The lowest BCUT2D eigenvalue weighted by atomic mass is 10.2. The fraction of sp³-hybridized carbons (Fsp3) is 0.364. The molecule has 1 unspecified atom stereocenters. The molecule has 17 heavy (non-hydrogen) atoms. The maximum atomic E-state index is 11.1. The van der Waals surface area contributed by atoms with Crippen LogP contribution in [0.2, 0.25) is 5.02 Å². The van der Waals surface area contributed by atoms with Gasteiger partial charge in [0.25, 0.3) is 0 Å². The lowest BCUT2D eigenvalue weighted by Gasteiger charge is -2.29. The van der Waals surface area contributed by atoms with E-state index >= 15 is 0 Å². The number of hydrogen-bond acceptors (Lipinski definition) is 4. The number of anilines is 1. The number of thiol groups is 1. The molecule has 0 saturated carbocycles. The van der Waals surface area contributed by atoms with Crippen molar-refractivity contribution in [2.75, 3.05) is 23.8 Å². The van der Waals surface area contributed by atoms with E-state index in [4.69, 9.17) is 21.8 Å². The van der Waals surface area contributed by atoms with Gasteiger partial charge in [0.15, 0.2) is 0 Å². The lowest BCUT2D eigenvalue weighted by molar-refractivity contribution is -0.138. The normalized spacial score (nSPS) is 12.2. The molecule has 0 bridgehead atoms. The minimum atomic E-state index is -0.978. The molecule has 0 saturated heterocycles. The van der Waals surface area contributed by atoms with Crippen LogP contribution in [0.4, 0.5) is 5.69 Å². The first kappa shape index (κ1) is 14.2. The van der Waals surface area contributed by atoms with Crippen LogP contribution in [-0.2, 0) is 4.79 Å². The summed E-state index contributed by atoms with van der Waals surface area (Å²) in [5, 5.41) is 18.6. The van der Waals surface area contributed by atoms with Gasteiger partial charge in [0.1, 0.15) is 6.04 Å². The van der Waals surface area contributed by atoms with Gasteiger partial charge in [-0.1, -0.05) is 17.7 Å². The van der Waals surface area contributed by atoms with Crippen molar-refractivity contribution in [2.24, 2.45) is 0 Å². The molecule has 0 aliphatic carbocycles. The van der Waals surface area contributed by atoms with E-state index in [9.17, 15) is 4.79 Å². The quantitative estimate of drug-likeness (QED) is 0.689. The molecule has 0 radical (unpaired) electrons. The fourth-order valence-corrected chi connectivity index (χ4v) is 2.08. The van der Waals surface area contributed by atoms with Crippen molar-refractivity contribution in [3.63, 3.8) is 0 Å². The molecule has 0 heterocycles. The number of carbonyl (C=O) groups is 1. The SMILES string of the molecule is O=C(O)C(CS)N(CCO)c1cccc(Cl)c1. The number of rotatable bonds is 6. The summed E-state index contributed by atoms with van der Waals surface area (Å²) in [5.74, 6) is -0.824. The van der Waals surface area contributed by atoms with Gasteiger partial charge in [0.05, 0.1) is 6.61 Å². The van der Waals surface area contributed by atoms with Gasteiger partial charge in [-0.05, 0) is 18.2 Å². The number of hydrogen-bond donors (Lipinski definition) is 3. The highest BCUT2D eigenvalue weighted by Crippen LogP contribution is 2.21. The van der Waals surface area contributed by atoms with Gasteiger partial charge in [-0.2, -0.15) is 12.6 Å². The Morgan fingerprint density at radius 1 is 1.53 bits per heavy atom. The van der Waals surface area contributed by atoms with Crippen LogP contribution in [0.15, 0.2) is 24.3 Å². The highest BCUT2D eigenvalue weighted by molar-refractivity contribution is 7.80. The fourth-order valence-electron chi connectivity index (χ4n) is 1.54. The molecule has 2 N–H and O–H groups in total. The van der Waals surface area contributed by atoms with E-state index in [1.165, 1.54) is 0 Å². The zero-order valence-electron chi connectivity index (χ0n) is 9.08. The third-order valence-electron chi connectivity index (χ3n) is 2.31. The minimum absolute atomic E-state index is 0.135. The number of aliphatic hydroxyl groups excluding tert-OH is 1. The highest BCUT2D eigenvalue weighted by atomic mass is 35.5. The monoisotopic (exact) mass is 275 g/mol. The molecule has 0 aliphatic rings. The van der Waals surface area contributed by atoms with E-state index in [2.05, 4.69) is 12.6 Å². The summed E-state index contributed by atoms with van der Waals surface area (Å²) >= 11 is 9.89. The summed E-state index contributed by atoms with van der Waals surface area (Å²) < 4.78 is 0. The zero-order chi connectivity index (χ0) is 12.8. The van der Waals surface area contributed by atoms with Crippen molar-refractivity contribution in [3.05, 3.63) is 29.3 Å². The number of nitrogens with zero attached hydrogens (tertiary/aromatic N) is 1. The molecule has 1 rings (SSSR count). The number of halogens is 1. The van der Waals surface area contributed by atoms with E-state index < -0.39 is 12.0 Å². The van der Waals surface area contributed by atoms with Crippen LogP contribution >= 0.6 is 24.2 Å². The smallest absolute Gasteiger partial charge is 0.327 e. The van der Waals surface area contributed by atoms with E-state index in [0.29, 0.717) is 10.7 Å². The first-order valence-electron chi connectivity index (χ1n) is 5.07. The summed E-state index contributed by atoms with van der Waals surface area (Å²) in [4.78, 5) is 12.7. The molecular formula is C11H14ClNO3S. The van der Waals surface area contributed by atoms with Crippen molar-refractivity contribution in [2.45, 2.75) is 6.04 Å². The molecule has 1 aromatic rings. The van der Waals surface area contributed by atoms with Crippen molar-refractivity contribution in [1.29, 1.82) is 0 Å². The molecular weight excluding hydrogens is 262 g/mol. The minimum Gasteiger partial charge on any atom is -0.480 e. The molecule has 94 valence electrons. The number of aliphatic hydroxyl groups is 1.